The molecule has 0 spiro atoms. The van der Waals surface area contributed by atoms with E-state index in [0.29, 0.717) is 17.9 Å². The number of aromatic nitrogens is 5. The van der Waals surface area contributed by atoms with Gasteiger partial charge in [0.25, 0.3) is 5.91 Å². The van der Waals surface area contributed by atoms with E-state index in [1.807, 2.05) is 0 Å². The Bertz CT molecular complexity index is 877. The maximum absolute atomic E-state index is 12.5. The fourth-order valence-corrected chi connectivity index (χ4v) is 2.14. The lowest BCUT2D eigenvalue weighted by molar-refractivity contribution is -0.141. The Morgan fingerprint density at radius 1 is 1.08 bits per heavy atom. The molecule has 0 aliphatic heterocycles. The van der Waals surface area contributed by atoms with Crippen LogP contribution in [0, 0.1) is 0 Å². The Balaban J connectivity index is 1.53. The molecule has 134 valence electrons. The summed E-state index contributed by atoms with van der Waals surface area (Å²) in [5.41, 5.74) is 0.295. The van der Waals surface area contributed by atoms with Gasteiger partial charge >= 0.3 is 6.18 Å². The highest BCUT2D eigenvalue weighted by Crippen LogP contribution is 2.27. The van der Waals surface area contributed by atoms with E-state index in [2.05, 4.69) is 25.4 Å². The number of hydrogen-bond donors (Lipinski definition) is 1. The summed E-state index contributed by atoms with van der Waals surface area (Å²) in [5, 5.41) is 6.92. The van der Waals surface area contributed by atoms with Gasteiger partial charge in [-0.05, 0) is 18.2 Å². The summed E-state index contributed by atoms with van der Waals surface area (Å²) in [6, 6.07) is 3.63. The molecule has 10 heteroatoms. The molecule has 26 heavy (non-hydrogen) atoms. The molecule has 3 heterocycles. The zero-order valence-electron chi connectivity index (χ0n) is 13.3. The molecule has 0 saturated heterocycles. The quantitative estimate of drug-likeness (QED) is 0.752. The minimum atomic E-state index is -4.53. The zero-order valence-corrected chi connectivity index (χ0v) is 13.3. The van der Waals surface area contributed by atoms with Gasteiger partial charge in [0.15, 0.2) is 0 Å². The first-order valence-corrected chi connectivity index (χ1v) is 7.55. The number of carbonyl (C=O) groups excluding carboxylic acids is 1. The van der Waals surface area contributed by atoms with Crippen molar-refractivity contribution >= 4 is 5.91 Å². The van der Waals surface area contributed by atoms with Crippen molar-refractivity contribution in [3.63, 3.8) is 0 Å². The molecule has 0 fully saturated rings. The van der Waals surface area contributed by atoms with Gasteiger partial charge in [-0.25, -0.2) is 0 Å². The van der Waals surface area contributed by atoms with Crippen LogP contribution in [0.4, 0.5) is 13.2 Å². The molecule has 0 saturated carbocycles. The SMILES string of the molecule is O=C(NCCn1ccc(-c2cnccn2)n1)c1ccc(C(F)(F)F)nc1. The lowest BCUT2D eigenvalue weighted by Gasteiger charge is -2.07. The Kier molecular flexibility index (Phi) is 4.92. The van der Waals surface area contributed by atoms with Crippen LogP contribution in [0.2, 0.25) is 0 Å². The van der Waals surface area contributed by atoms with Crippen molar-refractivity contribution in [1.82, 2.24) is 30.0 Å². The number of rotatable bonds is 5. The van der Waals surface area contributed by atoms with Crippen LogP contribution >= 0.6 is 0 Å². The summed E-state index contributed by atoms with van der Waals surface area (Å²) in [5.74, 6) is -0.507. The number of halogens is 3. The lowest BCUT2D eigenvalue weighted by Crippen LogP contribution is -2.27. The molecular weight excluding hydrogens is 349 g/mol. The van der Waals surface area contributed by atoms with E-state index in [1.54, 1.807) is 35.5 Å². The van der Waals surface area contributed by atoms with E-state index in [9.17, 15) is 18.0 Å². The van der Waals surface area contributed by atoms with E-state index in [4.69, 9.17) is 0 Å². The van der Waals surface area contributed by atoms with Gasteiger partial charge in [-0.3, -0.25) is 24.4 Å². The minimum Gasteiger partial charge on any atom is -0.350 e. The number of amides is 1. The van der Waals surface area contributed by atoms with Gasteiger partial charge in [0.05, 0.1) is 18.3 Å². The van der Waals surface area contributed by atoms with Crippen LogP contribution in [0.3, 0.4) is 0 Å². The predicted molar refractivity (Wildman–Crippen MR) is 84.8 cm³/mol. The number of carbonyl (C=O) groups is 1. The second-order valence-electron chi connectivity index (χ2n) is 5.24. The largest absolute Gasteiger partial charge is 0.433 e. The maximum atomic E-state index is 12.5. The molecule has 0 bridgehead atoms. The van der Waals surface area contributed by atoms with Crippen molar-refractivity contribution in [3.05, 3.63) is 60.4 Å². The number of pyridine rings is 1. The minimum absolute atomic E-state index is 0.0544. The second-order valence-corrected chi connectivity index (χ2v) is 5.24. The molecule has 0 atom stereocenters. The van der Waals surface area contributed by atoms with E-state index < -0.39 is 17.8 Å². The van der Waals surface area contributed by atoms with Gasteiger partial charge in [0, 0.05) is 31.3 Å². The molecule has 1 amide bonds. The third kappa shape index (κ3) is 4.21. The van der Waals surface area contributed by atoms with Gasteiger partial charge in [0.1, 0.15) is 17.1 Å². The Morgan fingerprint density at radius 2 is 1.92 bits per heavy atom. The third-order valence-electron chi connectivity index (χ3n) is 3.41. The van der Waals surface area contributed by atoms with E-state index in [-0.39, 0.29) is 12.1 Å². The maximum Gasteiger partial charge on any atom is 0.433 e. The van der Waals surface area contributed by atoms with Crippen LogP contribution < -0.4 is 5.32 Å². The Morgan fingerprint density at radius 3 is 2.58 bits per heavy atom. The van der Waals surface area contributed by atoms with Crippen molar-refractivity contribution in [1.29, 1.82) is 0 Å². The van der Waals surface area contributed by atoms with Crippen molar-refractivity contribution in [2.45, 2.75) is 12.7 Å². The second kappa shape index (κ2) is 7.30. The van der Waals surface area contributed by atoms with E-state index in [1.165, 1.54) is 0 Å². The summed E-state index contributed by atoms with van der Waals surface area (Å²) in [7, 11) is 0. The fourth-order valence-electron chi connectivity index (χ4n) is 2.14. The van der Waals surface area contributed by atoms with Crippen LogP contribution in [0.5, 0.6) is 0 Å². The van der Waals surface area contributed by atoms with E-state index in [0.717, 1.165) is 18.3 Å². The van der Waals surface area contributed by atoms with Gasteiger partial charge in [0.2, 0.25) is 0 Å². The molecule has 3 rings (SSSR count). The molecule has 0 radical (unpaired) electrons. The molecule has 1 N–H and O–H groups in total. The van der Waals surface area contributed by atoms with Gasteiger partial charge in [-0.1, -0.05) is 0 Å². The lowest BCUT2D eigenvalue weighted by atomic mass is 10.2. The monoisotopic (exact) mass is 362 g/mol. The van der Waals surface area contributed by atoms with Gasteiger partial charge in [-0.2, -0.15) is 18.3 Å². The van der Waals surface area contributed by atoms with Gasteiger partial charge < -0.3 is 5.32 Å². The normalized spacial score (nSPS) is 11.3. The molecule has 0 aromatic carbocycles. The highest BCUT2D eigenvalue weighted by Gasteiger charge is 2.32. The van der Waals surface area contributed by atoms with Crippen LogP contribution in [0.25, 0.3) is 11.4 Å². The zero-order chi connectivity index (χ0) is 18.6. The first kappa shape index (κ1) is 17.5. The van der Waals surface area contributed by atoms with Crippen molar-refractivity contribution in [3.8, 4) is 11.4 Å². The number of nitrogens with one attached hydrogen (secondary N) is 1. The standard InChI is InChI=1S/C16H13F3N6O/c17-16(18,19)14-2-1-11(9-23-14)15(26)22-6-8-25-7-3-12(24-25)13-10-20-4-5-21-13/h1-5,7,9-10H,6,8H2,(H,22,26). The molecule has 3 aromatic rings. The van der Waals surface area contributed by atoms with Crippen molar-refractivity contribution in [2.75, 3.05) is 6.54 Å². The van der Waals surface area contributed by atoms with Crippen molar-refractivity contribution < 1.29 is 18.0 Å². The molecule has 3 aromatic heterocycles. The van der Waals surface area contributed by atoms with Crippen LogP contribution in [0.15, 0.2) is 49.2 Å². The number of hydrogen-bond acceptors (Lipinski definition) is 5. The summed E-state index contributed by atoms with van der Waals surface area (Å²) in [6.07, 6.45) is 2.81. The Hall–Kier alpha value is -3.30. The van der Waals surface area contributed by atoms with Crippen molar-refractivity contribution in [2.24, 2.45) is 0 Å². The van der Waals surface area contributed by atoms with E-state index >= 15 is 0 Å². The first-order chi connectivity index (χ1) is 12.4. The first-order valence-electron chi connectivity index (χ1n) is 7.55. The number of nitrogens with zero attached hydrogens (tertiary/aromatic N) is 5. The number of alkyl halides is 3. The molecular formula is C16H13F3N6O. The molecule has 0 aliphatic rings. The average molecular weight is 362 g/mol. The Labute approximate surface area is 145 Å². The van der Waals surface area contributed by atoms with Crippen LogP contribution in [-0.4, -0.2) is 37.2 Å². The fraction of sp³-hybridized carbons (Fsp3) is 0.188. The average Bonchev–Trinajstić information content (AvgIpc) is 3.11. The topological polar surface area (TPSA) is 85.6 Å². The van der Waals surface area contributed by atoms with Gasteiger partial charge in [-0.15, -0.1) is 0 Å². The third-order valence-corrected chi connectivity index (χ3v) is 3.41. The molecule has 0 unspecified atom stereocenters. The summed E-state index contributed by atoms with van der Waals surface area (Å²) in [6.45, 7) is 0.640. The highest BCUT2D eigenvalue weighted by atomic mass is 19.4. The van der Waals surface area contributed by atoms with Crippen LogP contribution in [-0.2, 0) is 12.7 Å². The summed E-state index contributed by atoms with van der Waals surface area (Å²) >= 11 is 0. The van der Waals surface area contributed by atoms with Crippen LogP contribution in [0.1, 0.15) is 16.1 Å². The molecule has 7 nitrogen and oxygen atoms in total. The highest BCUT2D eigenvalue weighted by molar-refractivity contribution is 5.93. The molecule has 0 aliphatic carbocycles. The summed E-state index contributed by atoms with van der Waals surface area (Å²) < 4.78 is 39.0. The summed E-state index contributed by atoms with van der Waals surface area (Å²) in [4.78, 5) is 23.3. The smallest absolute Gasteiger partial charge is 0.350 e. The predicted octanol–water partition coefficient (Wildman–Crippen LogP) is 2.18.